The summed E-state index contributed by atoms with van der Waals surface area (Å²) in [5, 5.41) is 13.3. The van der Waals surface area contributed by atoms with Crippen molar-refractivity contribution < 1.29 is 24.2 Å². The minimum Gasteiger partial charge on any atom is -0.453 e. The minimum absolute atomic E-state index is 0.0834. The summed E-state index contributed by atoms with van der Waals surface area (Å²) >= 11 is 0. The number of aromatic amines is 2. The molecule has 0 saturated carbocycles. The van der Waals surface area contributed by atoms with Gasteiger partial charge >= 0.3 is 6.09 Å². The summed E-state index contributed by atoms with van der Waals surface area (Å²) in [6, 6.07) is 24.6. The molecule has 62 heavy (non-hydrogen) atoms. The molecule has 5 heterocycles. The smallest absolute Gasteiger partial charge is 0.407 e. The second-order valence-electron chi connectivity index (χ2n) is 17.4. The van der Waals surface area contributed by atoms with Gasteiger partial charge in [0.2, 0.25) is 11.8 Å². The molecule has 2 aromatic heterocycles. The molecule has 13 heteroatoms. The van der Waals surface area contributed by atoms with Crippen LogP contribution in [0.3, 0.4) is 0 Å². The Bertz CT molecular complexity index is 2400. The van der Waals surface area contributed by atoms with E-state index in [1.165, 1.54) is 7.11 Å². The van der Waals surface area contributed by atoms with Crippen LogP contribution in [0.5, 0.6) is 0 Å². The van der Waals surface area contributed by atoms with Crippen molar-refractivity contribution in [2.24, 2.45) is 5.92 Å². The maximum atomic E-state index is 14.4. The van der Waals surface area contributed by atoms with Crippen molar-refractivity contribution >= 4 is 17.9 Å². The molecule has 0 radical (unpaired) electrons. The second kappa shape index (κ2) is 18.4. The molecular formula is C49H56N8O5. The van der Waals surface area contributed by atoms with Crippen molar-refractivity contribution in [3.05, 3.63) is 120 Å². The van der Waals surface area contributed by atoms with Crippen molar-refractivity contribution in [2.75, 3.05) is 33.3 Å². The fourth-order valence-electron chi connectivity index (χ4n) is 8.99. The van der Waals surface area contributed by atoms with Gasteiger partial charge in [0.1, 0.15) is 23.7 Å². The first-order valence-electron chi connectivity index (χ1n) is 21.8. The number of hydrogen-bond acceptors (Lipinski definition) is 8. The third kappa shape index (κ3) is 9.32. The van der Waals surface area contributed by atoms with E-state index in [1.54, 1.807) is 11.1 Å². The van der Waals surface area contributed by atoms with Crippen LogP contribution in [0, 0.1) is 17.8 Å². The highest BCUT2D eigenvalue weighted by atomic mass is 16.5. The lowest BCUT2D eigenvalue weighted by molar-refractivity contribution is -0.140. The number of aliphatic hydroxyl groups is 1. The number of carbonyl (C=O) groups excluding carboxylic acids is 3. The normalized spacial score (nSPS) is 19.8. The van der Waals surface area contributed by atoms with Gasteiger partial charge in [-0.15, -0.1) is 0 Å². The molecule has 13 nitrogen and oxygen atoms in total. The summed E-state index contributed by atoms with van der Waals surface area (Å²) in [7, 11) is 1.29. The van der Waals surface area contributed by atoms with Crippen LogP contribution >= 0.6 is 0 Å². The van der Waals surface area contributed by atoms with Crippen molar-refractivity contribution in [3.8, 4) is 34.4 Å². The molecule has 0 bridgehead atoms. The zero-order chi connectivity index (χ0) is 43.4. The summed E-state index contributed by atoms with van der Waals surface area (Å²) in [4.78, 5) is 62.4. The monoisotopic (exact) mass is 836 g/mol. The molecule has 3 fully saturated rings. The Kier molecular flexibility index (Phi) is 12.6. The molecule has 8 rings (SSSR count). The van der Waals surface area contributed by atoms with Crippen molar-refractivity contribution in [1.29, 1.82) is 0 Å². The largest absolute Gasteiger partial charge is 0.453 e. The van der Waals surface area contributed by atoms with Gasteiger partial charge in [-0.25, -0.2) is 14.8 Å². The molecule has 3 aliphatic heterocycles. The van der Waals surface area contributed by atoms with Gasteiger partial charge in [0.15, 0.2) is 0 Å². The zero-order valence-electron chi connectivity index (χ0n) is 35.9. The first kappa shape index (κ1) is 42.5. The number of H-pyrrole nitrogens is 2. The Morgan fingerprint density at radius 1 is 0.758 bits per heavy atom. The number of ether oxygens (including phenoxy) is 1. The first-order chi connectivity index (χ1) is 30.0. The van der Waals surface area contributed by atoms with E-state index in [-0.39, 0.29) is 29.8 Å². The highest BCUT2D eigenvalue weighted by molar-refractivity contribution is 5.86. The molecule has 0 aliphatic carbocycles. The van der Waals surface area contributed by atoms with Gasteiger partial charge in [-0.1, -0.05) is 80.3 Å². The first-order valence-corrected chi connectivity index (χ1v) is 21.8. The zero-order valence-corrected chi connectivity index (χ0v) is 35.9. The van der Waals surface area contributed by atoms with Crippen molar-refractivity contribution in [1.82, 2.24) is 40.0 Å². The Labute approximate surface area is 363 Å². The van der Waals surface area contributed by atoms with Crippen LogP contribution in [0.2, 0.25) is 0 Å². The maximum absolute atomic E-state index is 14.4. The number of likely N-dealkylation sites (tertiary alicyclic amines) is 3. The van der Waals surface area contributed by atoms with E-state index in [9.17, 15) is 19.5 Å². The molecular weight excluding hydrogens is 781 g/mol. The number of rotatable bonds is 10. The van der Waals surface area contributed by atoms with E-state index in [2.05, 4.69) is 37.0 Å². The number of carbonyl (C=O) groups is 3. The number of piperidine rings is 1. The van der Waals surface area contributed by atoms with Gasteiger partial charge < -0.3 is 34.9 Å². The fourth-order valence-corrected chi connectivity index (χ4v) is 8.99. The molecule has 3 aliphatic rings. The molecule has 3 amide bonds. The summed E-state index contributed by atoms with van der Waals surface area (Å²) in [6.45, 7) is 8.28. The number of imidazole rings is 2. The lowest BCUT2D eigenvalue weighted by atomic mass is 9.91. The van der Waals surface area contributed by atoms with E-state index in [1.807, 2.05) is 111 Å². The van der Waals surface area contributed by atoms with E-state index in [0.29, 0.717) is 39.0 Å². The molecule has 0 spiro atoms. The average Bonchev–Trinajstić information content (AvgIpc) is 4.13. The summed E-state index contributed by atoms with van der Waals surface area (Å²) in [5.74, 6) is 7.91. The van der Waals surface area contributed by atoms with E-state index >= 15 is 0 Å². The van der Waals surface area contributed by atoms with Crippen LogP contribution in [0.15, 0.2) is 91.3 Å². The van der Waals surface area contributed by atoms with Gasteiger partial charge in [0.05, 0.1) is 48.6 Å². The summed E-state index contributed by atoms with van der Waals surface area (Å²) in [6.07, 6.45) is 7.66. The Morgan fingerprint density at radius 2 is 1.26 bits per heavy atom. The molecule has 3 aromatic carbocycles. The number of benzene rings is 3. The summed E-state index contributed by atoms with van der Waals surface area (Å²) in [5.41, 5.74) is 5.71. The number of hydrogen-bond donors (Lipinski definition) is 4. The number of methoxy groups -OCH3 is 1. The van der Waals surface area contributed by atoms with Gasteiger partial charge in [-0.05, 0) is 92.3 Å². The van der Waals surface area contributed by atoms with Gasteiger partial charge in [0.25, 0.3) is 0 Å². The number of alkyl carbamates (subject to hydrolysis) is 1. The number of nitrogens with one attached hydrogen (secondary N) is 3. The van der Waals surface area contributed by atoms with Crippen molar-refractivity contribution in [2.45, 2.75) is 89.1 Å². The van der Waals surface area contributed by atoms with Crippen LogP contribution in [-0.4, -0.2) is 103 Å². The van der Waals surface area contributed by atoms with E-state index in [0.717, 1.165) is 76.5 Å². The predicted molar refractivity (Wildman–Crippen MR) is 236 cm³/mol. The van der Waals surface area contributed by atoms with Crippen LogP contribution in [0.1, 0.15) is 106 Å². The standard InChI is InChI=1S/C49H56N8O5/c1-32(2)42(54-48(60)62-4)46(58)56-26-8-12-40(56)44-50-30-38(52-44)35-20-16-33(17-21-35)14-15-34-18-22-36(23-19-34)39-31-51-45(53-39)41-13-9-27-57(41)47(59)43(37-10-6-5-7-11-37)55-28-24-49(3,61)25-29-55/h5-7,10-11,16-23,30-32,40-43,61H,8-9,12-13,24-29H2,1-4H3,(H,50,52)(H,51,53)(H,54,60)/t40-,41-,42-,43+/m0/s1. The van der Waals surface area contributed by atoms with Crippen LogP contribution in [-0.2, 0) is 14.3 Å². The van der Waals surface area contributed by atoms with Gasteiger partial charge in [-0.3, -0.25) is 14.5 Å². The Balaban J connectivity index is 0.899. The minimum atomic E-state index is -0.703. The molecule has 0 unspecified atom stereocenters. The lowest BCUT2D eigenvalue weighted by Crippen LogP contribution is -2.51. The van der Waals surface area contributed by atoms with Crippen molar-refractivity contribution in [3.63, 3.8) is 0 Å². The Hall–Kier alpha value is -6.23. The topological polar surface area (TPSA) is 160 Å². The molecule has 4 atom stereocenters. The Morgan fingerprint density at radius 3 is 1.74 bits per heavy atom. The molecule has 4 N–H and O–H groups in total. The third-order valence-corrected chi connectivity index (χ3v) is 12.6. The average molecular weight is 837 g/mol. The highest BCUT2D eigenvalue weighted by Crippen LogP contribution is 2.38. The highest BCUT2D eigenvalue weighted by Gasteiger charge is 2.41. The maximum Gasteiger partial charge on any atom is 0.407 e. The van der Waals surface area contributed by atoms with E-state index < -0.39 is 23.8 Å². The van der Waals surface area contributed by atoms with Crippen LogP contribution < -0.4 is 5.32 Å². The van der Waals surface area contributed by atoms with Gasteiger partial charge in [-0.2, -0.15) is 0 Å². The molecule has 5 aromatic rings. The lowest BCUT2D eigenvalue weighted by Gasteiger charge is -2.41. The molecule has 322 valence electrons. The summed E-state index contributed by atoms with van der Waals surface area (Å²) < 4.78 is 4.76. The fraction of sp³-hybridized carbons (Fsp3) is 0.408. The molecule has 3 saturated heterocycles. The second-order valence-corrected chi connectivity index (χ2v) is 17.4. The number of amides is 3. The van der Waals surface area contributed by atoms with Crippen LogP contribution in [0.4, 0.5) is 4.79 Å². The van der Waals surface area contributed by atoms with Gasteiger partial charge in [0, 0.05) is 37.3 Å². The number of aromatic nitrogens is 4. The third-order valence-electron chi connectivity index (χ3n) is 12.6. The SMILES string of the molecule is COC(=O)N[C@H](C(=O)N1CCC[C@H]1c1ncc(-c2ccc(C#Cc3ccc(-c4cnc([C@@H]5CCCN5C(=O)[C@@H](c5ccccc5)N5CCC(C)(O)CC5)[nH]4)cc3)cc2)[nH]1)C(C)C. The number of nitrogens with zero attached hydrogens (tertiary/aromatic N) is 5. The van der Waals surface area contributed by atoms with E-state index in [4.69, 9.17) is 9.72 Å². The van der Waals surface area contributed by atoms with Crippen LogP contribution in [0.25, 0.3) is 22.5 Å². The quantitative estimate of drug-likeness (QED) is 0.108. The predicted octanol–water partition coefficient (Wildman–Crippen LogP) is 7.16.